The largest absolute Gasteiger partial charge is 0.416 e. The molecule has 2 nitrogen and oxygen atoms in total. The topological polar surface area (TPSA) is 35.2 Å². The van der Waals surface area contributed by atoms with E-state index in [1.165, 1.54) is 0 Å². The Bertz CT molecular complexity index is 519. The number of benzene rings is 1. The Morgan fingerprint density at radius 2 is 1.59 bits per heavy atom. The van der Waals surface area contributed by atoms with Crippen molar-refractivity contribution in [3.63, 3.8) is 0 Å². The van der Waals surface area contributed by atoms with Crippen LogP contribution in [-0.4, -0.2) is 13.2 Å². The van der Waals surface area contributed by atoms with Crippen molar-refractivity contribution in [1.82, 2.24) is 0 Å². The fourth-order valence-electron chi connectivity index (χ4n) is 2.60. The maximum Gasteiger partial charge on any atom is 0.416 e. The molecule has 8 heteroatoms. The quantitative estimate of drug-likeness (QED) is 0.828. The SMILES string of the molecule is N[C@H](c1ccc(C(F)(F)F)cc1C(F)(F)F)C1CCOCC1. The van der Waals surface area contributed by atoms with Crippen molar-refractivity contribution in [2.24, 2.45) is 11.7 Å². The Morgan fingerprint density at radius 1 is 1.00 bits per heavy atom. The van der Waals surface area contributed by atoms with Crippen LogP contribution in [0.1, 0.15) is 35.6 Å². The van der Waals surface area contributed by atoms with Crippen molar-refractivity contribution >= 4 is 0 Å². The van der Waals surface area contributed by atoms with Gasteiger partial charge in [-0.25, -0.2) is 0 Å². The summed E-state index contributed by atoms with van der Waals surface area (Å²) in [6.45, 7) is 0.778. The molecule has 0 saturated carbocycles. The molecule has 0 bridgehead atoms. The van der Waals surface area contributed by atoms with Gasteiger partial charge in [-0.1, -0.05) is 6.07 Å². The van der Waals surface area contributed by atoms with Crippen molar-refractivity contribution in [1.29, 1.82) is 0 Å². The van der Waals surface area contributed by atoms with Gasteiger partial charge in [-0.15, -0.1) is 0 Å². The summed E-state index contributed by atoms with van der Waals surface area (Å²) in [6.07, 6.45) is -8.75. The molecule has 0 radical (unpaired) electrons. The molecule has 124 valence electrons. The van der Waals surface area contributed by atoms with Gasteiger partial charge in [0.2, 0.25) is 0 Å². The smallest absolute Gasteiger partial charge is 0.381 e. The van der Waals surface area contributed by atoms with Crippen LogP contribution >= 0.6 is 0 Å². The lowest BCUT2D eigenvalue weighted by molar-refractivity contribution is -0.143. The van der Waals surface area contributed by atoms with E-state index in [1.807, 2.05) is 0 Å². The maximum absolute atomic E-state index is 13.1. The zero-order valence-electron chi connectivity index (χ0n) is 11.5. The molecule has 0 aromatic heterocycles. The fraction of sp³-hybridized carbons (Fsp3) is 0.571. The molecule has 1 aromatic carbocycles. The Balaban J connectivity index is 2.41. The summed E-state index contributed by atoms with van der Waals surface area (Å²) in [5.74, 6) is -0.244. The van der Waals surface area contributed by atoms with E-state index < -0.39 is 29.5 Å². The lowest BCUT2D eigenvalue weighted by Gasteiger charge is -2.29. The molecule has 0 unspecified atom stereocenters. The second kappa shape index (κ2) is 6.08. The van der Waals surface area contributed by atoms with E-state index in [1.54, 1.807) is 0 Å². The molecule has 1 aromatic rings. The van der Waals surface area contributed by atoms with Gasteiger partial charge in [0, 0.05) is 19.3 Å². The first-order valence-electron chi connectivity index (χ1n) is 6.72. The van der Waals surface area contributed by atoms with Crippen LogP contribution in [0.3, 0.4) is 0 Å². The van der Waals surface area contributed by atoms with E-state index in [0.717, 1.165) is 6.07 Å². The molecule has 1 aliphatic rings. The summed E-state index contributed by atoms with van der Waals surface area (Å²) in [6, 6.07) is 0.646. The van der Waals surface area contributed by atoms with Gasteiger partial charge in [0.15, 0.2) is 0 Å². The number of rotatable bonds is 2. The average molecular weight is 327 g/mol. The molecule has 0 spiro atoms. The Labute approximate surface area is 123 Å². The number of hydrogen-bond donors (Lipinski definition) is 1. The molecular formula is C14H15F6NO. The monoisotopic (exact) mass is 327 g/mol. The van der Waals surface area contributed by atoms with E-state index in [9.17, 15) is 26.3 Å². The highest BCUT2D eigenvalue weighted by molar-refractivity contribution is 5.37. The van der Waals surface area contributed by atoms with Crippen LogP contribution < -0.4 is 5.73 Å². The third-order valence-electron chi connectivity index (χ3n) is 3.82. The maximum atomic E-state index is 13.1. The minimum Gasteiger partial charge on any atom is -0.381 e. The molecule has 22 heavy (non-hydrogen) atoms. The molecule has 1 saturated heterocycles. The van der Waals surface area contributed by atoms with Crippen LogP contribution in [0.15, 0.2) is 18.2 Å². The number of alkyl halides is 6. The van der Waals surface area contributed by atoms with Gasteiger partial charge in [0.25, 0.3) is 0 Å². The molecular weight excluding hydrogens is 312 g/mol. The van der Waals surface area contributed by atoms with Crippen molar-refractivity contribution in [3.05, 3.63) is 34.9 Å². The van der Waals surface area contributed by atoms with Crippen molar-refractivity contribution in [3.8, 4) is 0 Å². The molecule has 1 heterocycles. The molecule has 0 amide bonds. The van der Waals surface area contributed by atoms with Gasteiger partial charge in [0.1, 0.15) is 0 Å². The Hall–Kier alpha value is -1.28. The van der Waals surface area contributed by atoms with Gasteiger partial charge in [0.05, 0.1) is 11.1 Å². The zero-order chi connectivity index (χ0) is 16.5. The predicted octanol–water partition coefficient (Wildman–Crippen LogP) is 4.15. The summed E-state index contributed by atoms with van der Waals surface area (Å²) >= 11 is 0. The number of nitrogens with two attached hydrogens (primary N) is 1. The molecule has 2 N–H and O–H groups in total. The van der Waals surface area contributed by atoms with Crippen LogP contribution in [0.5, 0.6) is 0 Å². The summed E-state index contributed by atoms with van der Waals surface area (Å²) < 4.78 is 82.3. The van der Waals surface area contributed by atoms with E-state index in [2.05, 4.69) is 0 Å². The van der Waals surface area contributed by atoms with E-state index in [4.69, 9.17) is 10.5 Å². The minimum atomic E-state index is -4.89. The normalized spacial score (nSPS) is 19.2. The summed E-state index contributed by atoms with van der Waals surface area (Å²) in [4.78, 5) is 0. The molecule has 2 rings (SSSR count). The average Bonchev–Trinajstić information content (AvgIpc) is 2.45. The highest BCUT2D eigenvalue weighted by Gasteiger charge is 2.40. The lowest BCUT2D eigenvalue weighted by Crippen LogP contribution is -2.29. The lowest BCUT2D eigenvalue weighted by atomic mass is 9.85. The first-order chi connectivity index (χ1) is 10.1. The molecule has 1 aliphatic heterocycles. The van der Waals surface area contributed by atoms with Gasteiger partial charge >= 0.3 is 12.4 Å². The van der Waals surface area contributed by atoms with Crippen LogP contribution in [0.4, 0.5) is 26.3 Å². The van der Waals surface area contributed by atoms with Crippen LogP contribution in [0.25, 0.3) is 0 Å². The van der Waals surface area contributed by atoms with Gasteiger partial charge in [-0.2, -0.15) is 26.3 Å². The van der Waals surface area contributed by atoms with Gasteiger partial charge in [-0.3, -0.25) is 0 Å². The summed E-state index contributed by atoms with van der Waals surface area (Å²) in [5, 5.41) is 0. The second-order valence-corrected chi connectivity index (χ2v) is 5.27. The van der Waals surface area contributed by atoms with Crippen molar-refractivity contribution in [2.45, 2.75) is 31.2 Å². The van der Waals surface area contributed by atoms with Gasteiger partial charge < -0.3 is 10.5 Å². The van der Waals surface area contributed by atoms with E-state index in [0.29, 0.717) is 32.1 Å². The van der Waals surface area contributed by atoms with E-state index in [-0.39, 0.29) is 17.5 Å². The third-order valence-corrected chi connectivity index (χ3v) is 3.82. The van der Waals surface area contributed by atoms with Crippen molar-refractivity contribution in [2.75, 3.05) is 13.2 Å². The van der Waals surface area contributed by atoms with Crippen LogP contribution in [-0.2, 0) is 17.1 Å². The third kappa shape index (κ3) is 3.73. The number of hydrogen-bond acceptors (Lipinski definition) is 2. The fourth-order valence-corrected chi connectivity index (χ4v) is 2.60. The summed E-state index contributed by atoms with van der Waals surface area (Å²) in [7, 11) is 0. The zero-order valence-corrected chi connectivity index (χ0v) is 11.5. The highest BCUT2D eigenvalue weighted by Crippen LogP contribution is 2.41. The first-order valence-corrected chi connectivity index (χ1v) is 6.72. The molecule has 1 atom stereocenters. The van der Waals surface area contributed by atoms with Crippen LogP contribution in [0.2, 0.25) is 0 Å². The Kier molecular flexibility index (Phi) is 4.72. The molecule has 0 aliphatic carbocycles. The molecule has 1 fully saturated rings. The minimum absolute atomic E-state index is 0.133. The first kappa shape index (κ1) is 17.1. The van der Waals surface area contributed by atoms with Crippen LogP contribution in [0, 0.1) is 5.92 Å². The van der Waals surface area contributed by atoms with E-state index >= 15 is 0 Å². The summed E-state index contributed by atoms with van der Waals surface area (Å²) in [5.41, 5.74) is 2.94. The standard InChI is InChI=1S/C14H15F6NO/c15-13(16,17)9-1-2-10(11(7-9)14(18,19)20)12(21)8-3-5-22-6-4-8/h1-2,7-8,12H,3-6,21H2/t12-/m0/s1. The van der Waals surface area contributed by atoms with Crippen molar-refractivity contribution < 1.29 is 31.1 Å². The highest BCUT2D eigenvalue weighted by atomic mass is 19.4. The number of halogens is 6. The van der Waals surface area contributed by atoms with Gasteiger partial charge in [-0.05, 0) is 36.5 Å². The number of ether oxygens (including phenoxy) is 1. The Morgan fingerprint density at radius 3 is 2.09 bits per heavy atom. The predicted molar refractivity (Wildman–Crippen MR) is 66.9 cm³/mol. The second-order valence-electron chi connectivity index (χ2n) is 5.27.